The van der Waals surface area contributed by atoms with Crippen LogP contribution in [0.25, 0.3) is 0 Å². The predicted octanol–water partition coefficient (Wildman–Crippen LogP) is 2.22. The number of ether oxygens (including phenoxy) is 1. The molecule has 1 rings (SSSR count). The zero-order chi connectivity index (χ0) is 12.3. The Kier molecular flexibility index (Phi) is 4.26. The summed E-state index contributed by atoms with van der Waals surface area (Å²) in [6, 6.07) is 1.97. The number of esters is 1. The summed E-state index contributed by atoms with van der Waals surface area (Å²) in [7, 11) is 2.85. The number of benzene rings is 1. The Morgan fingerprint density at radius 3 is 2.69 bits per heavy atom. The molecule has 0 aliphatic carbocycles. The first-order valence-electron chi connectivity index (χ1n) is 4.72. The Morgan fingerprint density at radius 2 is 2.19 bits per heavy atom. The highest BCUT2D eigenvalue weighted by Gasteiger charge is 2.22. The lowest BCUT2D eigenvalue weighted by Crippen LogP contribution is -2.27. The quantitative estimate of drug-likeness (QED) is 0.830. The van der Waals surface area contributed by atoms with Crippen LogP contribution in [0.15, 0.2) is 12.1 Å². The van der Waals surface area contributed by atoms with Gasteiger partial charge in [-0.2, -0.15) is 0 Å². The summed E-state index contributed by atoms with van der Waals surface area (Å²) in [5.74, 6) is -0.906. The molecule has 0 spiro atoms. The van der Waals surface area contributed by atoms with Crippen molar-refractivity contribution in [3.63, 3.8) is 0 Å². The zero-order valence-corrected chi connectivity index (χ0v) is 10.1. The van der Waals surface area contributed by atoms with E-state index >= 15 is 0 Å². The van der Waals surface area contributed by atoms with Gasteiger partial charge in [0.15, 0.2) is 0 Å². The van der Waals surface area contributed by atoms with E-state index < -0.39 is 17.8 Å². The molecule has 0 saturated carbocycles. The van der Waals surface area contributed by atoms with Crippen molar-refractivity contribution in [1.82, 2.24) is 5.32 Å². The average Bonchev–Trinajstić information content (AvgIpc) is 2.26. The number of hydrogen-bond donors (Lipinski definition) is 1. The summed E-state index contributed by atoms with van der Waals surface area (Å²) in [5, 5.41) is 3.07. The van der Waals surface area contributed by atoms with Crippen LogP contribution in [0, 0.1) is 12.7 Å². The average molecular weight is 246 g/mol. The summed E-state index contributed by atoms with van der Waals surface area (Å²) < 4.78 is 18.0. The largest absolute Gasteiger partial charge is 0.468 e. The van der Waals surface area contributed by atoms with Gasteiger partial charge in [0.25, 0.3) is 0 Å². The maximum absolute atomic E-state index is 13.4. The summed E-state index contributed by atoms with van der Waals surface area (Å²) in [5.41, 5.74) is 0.813. The van der Waals surface area contributed by atoms with Crippen LogP contribution in [0.3, 0.4) is 0 Å². The smallest absolute Gasteiger partial charge is 0.327 e. The number of aryl methyl sites for hydroxylation is 1. The van der Waals surface area contributed by atoms with Gasteiger partial charge >= 0.3 is 5.97 Å². The van der Waals surface area contributed by atoms with E-state index in [0.717, 1.165) is 0 Å². The number of nitrogens with one attached hydrogen (secondary N) is 1. The molecular weight excluding hydrogens is 233 g/mol. The van der Waals surface area contributed by atoms with Crippen molar-refractivity contribution < 1.29 is 13.9 Å². The monoisotopic (exact) mass is 245 g/mol. The minimum absolute atomic E-state index is 0.337. The molecule has 0 radical (unpaired) electrons. The van der Waals surface area contributed by atoms with E-state index in [1.807, 2.05) is 0 Å². The molecule has 0 saturated heterocycles. The standard InChI is InChI=1S/C11H13ClFNO2/c1-6-4-8(12)7(5-9(6)13)10(14-2)11(15)16-3/h4-5,10,14H,1-3H3. The van der Waals surface area contributed by atoms with E-state index in [2.05, 4.69) is 10.1 Å². The molecule has 0 heterocycles. The van der Waals surface area contributed by atoms with Crippen molar-refractivity contribution in [2.24, 2.45) is 0 Å². The molecule has 0 bridgehead atoms. The maximum atomic E-state index is 13.4. The van der Waals surface area contributed by atoms with E-state index in [-0.39, 0.29) is 0 Å². The van der Waals surface area contributed by atoms with Gasteiger partial charge in [0.05, 0.1) is 7.11 Å². The Morgan fingerprint density at radius 1 is 1.56 bits per heavy atom. The van der Waals surface area contributed by atoms with Crippen LogP contribution in [0.2, 0.25) is 5.02 Å². The van der Waals surface area contributed by atoms with Crippen molar-refractivity contribution >= 4 is 17.6 Å². The highest BCUT2D eigenvalue weighted by atomic mass is 35.5. The number of hydrogen-bond acceptors (Lipinski definition) is 3. The second-order valence-electron chi connectivity index (χ2n) is 3.37. The molecule has 1 aromatic carbocycles. The van der Waals surface area contributed by atoms with Crippen molar-refractivity contribution in [3.8, 4) is 0 Å². The summed E-state index contributed by atoms with van der Waals surface area (Å²) in [6.45, 7) is 1.61. The van der Waals surface area contributed by atoms with E-state index in [0.29, 0.717) is 16.1 Å². The number of halogens is 2. The van der Waals surface area contributed by atoms with Crippen LogP contribution in [0.5, 0.6) is 0 Å². The van der Waals surface area contributed by atoms with Gasteiger partial charge in [0, 0.05) is 10.6 Å². The normalized spacial score (nSPS) is 12.3. The SMILES string of the molecule is CNC(C(=O)OC)c1cc(F)c(C)cc1Cl. The van der Waals surface area contributed by atoms with Crippen molar-refractivity contribution in [3.05, 3.63) is 34.1 Å². The minimum Gasteiger partial charge on any atom is -0.468 e. The molecule has 16 heavy (non-hydrogen) atoms. The minimum atomic E-state index is -0.757. The molecule has 1 atom stereocenters. The van der Waals surface area contributed by atoms with Crippen LogP contribution < -0.4 is 5.32 Å². The molecule has 0 aromatic heterocycles. The van der Waals surface area contributed by atoms with Crippen LogP contribution in [0.4, 0.5) is 4.39 Å². The number of carbonyl (C=O) groups excluding carboxylic acids is 1. The second kappa shape index (κ2) is 5.27. The first-order valence-corrected chi connectivity index (χ1v) is 5.09. The van der Waals surface area contributed by atoms with Crippen LogP contribution in [-0.2, 0) is 9.53 Å². The third-order valence-corrected chi connectivity index (χ3v) is 2.64. The summed E-state index contributed by atoms with van der Waals surface area (Å²) >= 11 is 5.96. The topological polar surface area (TPSA) is 38.3 Å². The van der Waals surface area contributed by atoms with E-state index in [9.17, 15) is 9.18 Å². The molecule has 5 heteroatoms. The summed E-state index contributed by atoms with van der Waals surface area (Å²) in [6.07, 6.45) is 0. The lowest BCUT2D eigenvalue weighted by molar-refractivity contribution is -0.143. The Bertz CT molecular complexity index is 409. The molecule has 0 aliphatic rings. The third-order valence-electron chi connectivity index (χ3n) is 2.31. The second-order valence-corrected chi connectivity index (χ2v) is 3.77. The number of likely N-dealkylation sites (N-methyl/N-ethyl adjacent to an activating group) is 1. The molecule has 3 nitrogen and oxygen atoms in total. The highest BCUT2D eigenvalue weighted by molar-refractivity contribution is 6.31. The Hall–Kier alpha value is -1.13. The van der Waals surface area contributed by atoms with Gasteiger partial charge in [0.1, 0.15) is 11.9 Å². The fraction of sp³-hybridized carbons (Fsp3) is 0.364. The highest BCUT2D eigenvalue weighted by Crippen LogP contribution is 2.26. The van der Waals surface area contributed by atoms with E-state index in [4.69, 9.17) is 11.6 Å². The van der Waals surface area contributed by atoms with Gasteiger partial charge in [0.2, 0.25) is 0 Å². The van der Waals surface area contributed by atoms with Crippen molar-refractivity contribution in [2.45, 2.75) is 13.0 Å². The van der Waals surface area contributed by atoms with Crippen LogP contribution >= 0.6 is 11.6 Å². The van der Waals surface area contributed by atoms with Crippen LogP contribution in [0.1, 0.15) is 17.2 Å². The Labute approximate surface area is 98.5 Å². The van der Waals surface area contributed by atoms with Gasteiger partial charge in [-0.15, -0.1) is 0 Å². The zero-order valence-electron chi connectivity index (χ0n) is 9.30. The predicted molar refractivity (Wildman–Crippen MR) is 60.0 cm³/mol. The molecule has 0 amide bonds. The van der Waals surface area contributed by atoms with Gasteiger partial charge < -0.3 is 10.1 Å². The molecule has 0 aliphatic heterocycles. The number of rotatable bonds is 3. The fourth-order valence-electron chi connectivity index (χ4n) is 1.40. The van der Waals surface area contributed by atoms with Gasteiger partial charge in [-0.05, 0) is 31.7 Å². The summed E-state index contributed by atoms with van der Waals surface area (Å²) in [4.78, 5) is 11.4. The number of carbonyl (C=O) groups is 1. The molecule has 1 N–H and O–H groups in total. The first-order chi connectivity index (χ1) is 7.51. The van der Waals surface area contributed by atoms with Crippen molar-refractivity contribution in [2.75, 3.05) is 14.2 Å². The molecular formula is C11H13ClFNO2. The fourth-order valence-corrected chi connectivity index (χ4v) is 1.73. The van der Waals surface area contributed by atoms with E-state index in [1.165, 1.54) is 19.2 Å². The van der Waals surface area contributed by atoms with Crippen LogP contribution in [-0.4, -0.2) is 20.1 Å². The van der Waals surface area contributed by atoms with Gasteiger partial charge in [-0.1, -0.05) is 11.6 Å². The third kappa shape index (κ3) is 2.51. The number of methoxy groups -OCH3 is 1. The van der Waals surface area contributed by atoms with Crippen molar-refractivity contribution in [1.29, 1.82) is 0 Å². The lowest BCUT2D eigenvalue weighted by atomic mass is 10.0. The Balaban J connectivity index is 3.20. The first kappa shape index (κ1) is 12.9. The molecule has 88 valence electrons. The molecule has 1 aromatic rings. The van der Waals surface area contributed by atoms with Gasteiger partial charge in [-0.25, -0.2) is 9.18 Å². The lowest BCUT2D eigenvalue weighted by Gasteiger charge is -2.16. The molecule has 1 unspecified atom stereocenters. The van der Waals surface area contributed by atoms with E-state index in [1.54, 1.807) is 14.0 Å². The molecule has 0 fully saturated rings. The maximum Gasteiger partial charge on any atom is 0.327 e. The van der Waals surface area contributed by atoms with Gasteiger partial charge in [-0.3, -0.25) is 0 Å².